The Kier molecular flexibility index (Phi) is 21.3. The molecule has 0 saturated carbocycles. The summed E-state index contributed by atoms with van der Waals surface area (Å²) in [6, 6.07) is 0. The molecule has 0 aliphatic heterocycles. The van der Waals surface area contributed by atoms with Gasteiger partial charge in [0.05, 0.1) is 0 Å². The first-order valence-electron chi connectivity index (χ1n) is 3.50. The standard InChI is InChI=1S/C4H10O.C4H8Te/c1-3-5-4-2;1-3-4-5-2/h3-4H2,1-2H3;3H,1,4H2,2H3. The predicted molar refractivity (Wildman–Crippen MR) is 48.8 cm³/mol. The summed E-state index contributed by atoms with van der Waals surface area (Å²) in [6.07, 6.45) is 1.99. The van der Waals surface area contributed by atoms with Crippen LogP contribution in [0.25, 0.3) is 0 Å². The van der Waals surface area contributed by atoms with Crippen LogP contribution in [-0.4, -0.2) is 34.1 Å². The summed E-state index contributed by atoms with van der Waals surface area (Å²) in [7, 11) is 0. The third kappa shape index (κ3) is 23.6. The third-order valence-corrected chi connectivity index (χ3v) is 2.32. The molecule has 0 rings (SSSR count). The molecule has 0 fully saturated rings. The van der Waals surface area contributed by atoms with E-state index in [1.807, 2.05) is 19.9 Å². The molecule has 1 nitrogen and oxygen atoms in total. The van der Waals surface area contributed by atoms with Crippen molar-refractivity contribution in [3.05, 3.63) is 12.7 Å². The summed E-state index contributed by atoms with van der Waals surface area (Å²) in [6.45, 7) is 9.25. The molecule has 0 saturated heterocycles. The van der Waals surface area contributed by atoms with E-state index in [0.717, 1.165) is 13.2 Å². The van der Waals surface area contributed by atoms with Crippen LogP contribution in [0.15, 0.2) is 12.7 Å². The Morgan fingerprint density at radius 2 is 1.90 bits per heavy atom. The average molecular weight is 258 g/mol. The first kappa shape index (κ1) is 13.1. The fourth-order valence-electron chi connectivity index (χ4n) is 0.322. The van der Waals surface area contributed by atoms with Gasteiger partial charge in [-0.3, -0.25) is 0 Å². The molecular weight excluding hydrogens is 240 g/mol. The van der Waals surface area contributed by atoms with E-state index in [4.69, 9.17) is 4.74 Å². The van der Waals surface area contributed by atoms with Gasteiger partial charge in [0.25, 0.3) is 0 Å². The van der Waals surface area contributed by atoms with Crippen molar-refractivity contribution in [2.45, 2.75) is 23.3 Å². The second-order valence-corrected chi connectivity index (χ2v) is 4.12. The SMILES string of the molecule is C=CC[Te]C.CCOCC. The van der Waals surface area contributed by atoms with E-state index in [9.17, 15) is 0 Å². The van der Waals surface area contributed by atoms with Gasteiger partial charge in [0.15, 0.2) is 0 Å². The zero-order valence-electron chi connectivity index (χ0n) is 7.22. The normalized spacial score (nSPS) is 7.90. The molecule has 0 radical (unpaired) electrons. The second-order valence-electron chi connectivity index (χ2n) is 1.53. The molecule has 0 aromatic rings. The van der Waals surface area contributed by atoms with Gasteiger partial charge in [-0.1, -0.05) is 0 Å². The van der Waals surface area contributed by atoms with Crippen molar-refractivity contribution in [1.29, 1.82) is 0 Å². The molecule has 0 spiro atoms. The summed E-state index contributed by atoms with van der Waals surface area (Å²) >= 11 is 0.355. The Labute approximate surface area is 74.9 Å². The first-order chi connectivity index (χ1) is 4.83. The van der Waals surface area contributed by atoms with Crippen LogP contribution in [0.1, 0.15) is 13.8 Å². The number of hydrogen-bond acceptors (Lipinski definition) is 1. The molecule has 0 aromatic heterocycles. The van der Waals surface area contributed by atoms with Gasteiger partial charge in [0, 0.05) is 13.2 Å². The molecule has 0 heterocycles. The van der Waals surface area contributed by atoms with Crippen molar-refractivity contribution in [1.82, 2.24) is 0 Å². The fourth-order valence-corrected chi connectivity index (χ4v) is 0.995. The van der Waals surface area contributed by atoms with Crippen molar-refractivity contribution < 1.29 is 4.74 Å². The first-order valence-corrected chi connectivity index (χ1v) is 7.48. The smallest absolute Gasteiger partial charge is 0.0437 e. The molecule has 62 valence electrons. The van der Waals surface area contributed by atoms with E-state index in [1.165, 1.54) is 4.47 Å². The van der Waals surface area contributed by atoms with Crippen molar-refractivity contribution in [3.63, 3.8) is 0 Å². The topological polar surface area (TPSA) is 9.23 Å². The second kappa shape index (κ2) is 16.2. The van der Waals surface area contributed by atoms with Gasteiger partial charge in [0.1, 0.15) is 0 Å². The molecule has 0 atom stereocenters. The van der Waals surface area contributed by atoms with Crippen LogP contribution in [0.4, 0.5) is 0 Å². The van der Waals surface area contributed by atoms with E-state index in [0.29, 0.717) is 20.9 Å². The van der Waals surface area contributed by atoms with Gasteiger partial charge in [-0.15, -0.1) is 0 Å². The van der Waals surface area contributed by atoms with E-state index in [1.54, 1.807) is 0 Å². The number of rotatable bonds is 4. The van der Waals surface area contributed by atoms with E-state index in [-0.39, 0.29) is 0 Å². The summed E-state index contributed by atoms with van der Waals surface area (Å²) in [5, 5.41) is 0. The molecule has 0 aromatic carbocycles. The Morgan fingerprint density at radius 3 is 1.90 bits per heavy atom. The van der Waals surface area contributed by atoms with Crippen LogP contribution in [0.2, 0.25) is 9.44 Å². The zero-order valence-corrected chi connectivity index (χ0v) is 9.55. The van der Waals surface area contributed by atoms with Crippen molar-refractivity contribution in [3.8, 4) is 0 Å². The van der Waals surface area contributed by atoms with Gasteiger partial charge < -0.3 is 4.74 Å². The Hall–Kier alpha value is 0.490. The predicted octanol–water partition coefficient (Wildman–Crippen LogP) is 2.39. The average Bonchev–Trinajstić information content (AvgIpc) is 1.93. The maximum atomic E-state index is 4.83. The number of allylic oxidation sites excluding steroid dienone is 1. The molecule has 0 amide bonds. The summed E-state index contributed by atoms with van der Waals surface area (Å²) in [5.74, 6) is 0. The van der Waals surface area contributed by atoms with Crippen LogP contribution >= 0.6 is 0 Å². The summed E-state index contributed by atoms with van der Waals surface area (Å²) in [5.41, 5.74) is 0. The maximum Gasteiger partial charge on any atom is 0.0437 e. The van der Waals surface area contributed by atoms with E-state index < -0.39 is 0 Å². The van der Waals surface area contributed by atoms with E-state index in [2.05, 4.69) is 11.6 Å². The minimum atomic E-state index is 0.355. The third-order valence-electron chi connectivity index (χ3n) is 0.693. The minimum absolute atomic E-state index is 0.355. The minimum Gasteiger partial charge on any atom is -0.382 e. The van der Waals surface area contributed by atoms with Gasteiger partial charge in [-0.05, 0) is 13.8 Å². The molecular formula is C8H18OTe. The molecule has 0 N–H and O–H groups in total. The molecule has 10 heavy (non-hydrogen) atoms. The van der Waals surface area contributed by atoms with Gasteiger partial charge in [-0.2, -0.15) is 0 Å². The molecule has 2 heteroatoms. The van der Waals surface area contributed by atoms with Crippen LogP contribution in [0.3, 0.4) is 0 Å². The Bertz CT molecular complexity index is 53.2. The maximum absolute atomic E-state index is 4.83. The van der Waals surface area contributed by atoms with Crippen molar-refractivity contribution >= 4 is 20.9 Å². The van der Waals surface area contributed by atoms with Crippen LogP contribution < -0.4 is 0 Å². The number of hydrogen-bond donors (Lipinski definition) is 0. The van der Waals surface area contributed by atoms with Gasteiger partial charge >= 0.3 is 43.0 Å². The number of ether oxygens (including phenoxy) is 1. The van der Waals surface area contributed by atoms with Crippen molar-refractivity contribution in [2.24, 2.45) is 0 Å². The van der Waals surface area contributed by atoms with Gasteiger partial charge in [-0.25, -0.2) is 0 Å². The summed E-state index contributed by atoms with van der Waals surface area (Å²) < 4.78 is 6.12. The fraction of sp³-hybridized carbons (Fsp3) is 0.750. The molecule has 0 aliphatic carbocycles. The molecule has 0 aliphatic rings. The van der Waals surface area contributed by atoms with Crippen LogP contribution in [0, 0.1) is 0 Å². The Morgan fingerprint density at radius 1 is 1.40 bits per heavy atom. The van der Waals surface area contributed by atoms with Crippen LogP contribution in [-0.2, 0) is 4.74 Å². The largest absolute Gasteiger partial charge is 0.382 e. The monoisotopic (exact) mass is 260 g/mol. The Balaban J connectivity index is 0. The van der Waals surface area contributed by atoms with Gasteiger partial charge in [0.2, 0.25) is 0 Å². The summed E-state index contributed by atoms with van der Waals surface area (Å²) in [4.78, 5) is 2.27. The quantitative estimate of drug-likeness (QED) is 0.555. The molecule has 0 bridgehead atoms. The zero-order chi connectivity index (χ0) is 8.24. The van der Waals surface area contributed by atoms with Crippen LogP contribution in [0.5, 0.6) is 0 Å². The molecule has 0 unspecified atom stereocenters. The van der Waals surface area contributed by atoms with Crippen molar-refractivity contribution in [2.75, 3.05) is 13.2 Å². The van der Waals surface area contributed by atoms with E-state index >= 15 is 0 Å².